The summed E-state index contributed by atoms with van der Waals surface area (Å²) in [4.78, 5) is 12.1. The highest BCUT2D eigenvalue weighted by Crippen LogP contribution is 2.41. The van der Waals surface area contributed by atoms with Gasteiger partial charge in [0, 0.05) is 17.5 Å². The lowest BCUT2D eigenvalue weighted by molar-refractivity contribution is -0.120. The second-order valence-electron chi connectivity index (χ2n) is 6.97. The Morgan fingerprint density at radius 2 is 1.92 bits per heavy atom. The predicted octanol–water partition coefficient (Wildman–Crippen LogP) is 3.15. The Labute approximate surface area is 154 Å². The minimum absolute atomic E-state index is 0.0613. The van der Waals surface area contributed by atoms with E-state index < -0.39 is 0 Å². The number of carbonyl (C=O) groups is 1. The number of carbonyl (C=O) groups excluding carboxylic acids is 1. The molecule has 26 heavy (non-hydrogen) atoms. The normalized spacial score (nSPS) is 14.3. The lowest BCUT2D eigenvalue weighted by atomic mass is 10.0. The van der Waals surface area contributed by atoms with E-state index in [0.717, 1.165) is 34.8 Å². The van der Waals surface area contributed by atoms with E-state index in [1.165, 1.54) is 0 Å². The molecule has 1 N–H and O–H groups in total. The molecule has 1 heterocycles. The van der Waals surface area contributed by atoms with Crippen LogP contribution in [0.15, 0.2) is 42.5 Å². The molecule has 0 aliphatic carbocycles. The highest BCUT2D eigenvalue weighted by Gasteiger charge is 2.32. The Bertz CT molecular complexity index is 785. The van der Waals surface area contributed by atoms with Crippen molar-refractivity contribution < 1.29 is 19.0 Å². The van der Waals surface area contributed by atoms with Gasteiger partial charge < -0.3 is 19.5 Å². The van der Waals surface area contributed by atoms with Crippen LogP contribution in [0.2, 0.25) is 0 Å². The number of ether oxygens (including phenoxy) is 3. The standard InChI is InChI=1S/C21H25NO4/c1-21(2)14-16-8-6-10-18(20(16)26-21)25-12-11-22-19(23)13-15-7-4-5-9-17(15)24-3/h4-10H,11-14H2,1-3H3,(H,22,23). The van der Waals surface area contributed by atoms with E-state index in [2.05, 4.69) is 25.2 Å². The molecule has 0 fully saturated rings. The van der Waals surface area contributed by atoms with Gasteiger partial charge in [-0.15, -0.1) is 0 Å². The molecule has 0 saturated heterocycles. The number of methoxy groups -OCH3 is 1. The molecule has 0 spiro atoms. The van der Waals surface area contributed by atoms with Gasteiger partial charge in [0.1, 0.15) is 18.0 Å². The first-order chi connectivity index (χ1) is 12.5. The highest BCUT2D eigenvalue weighted by molar-refractivity contribution is 5.79. The van der Waals surface area contributed by atoms with Gasteiger partial charge in [-0.2, -0.15) is 0 Å². The maximum Gasteiger partial charge on any atom is 0.224 e. The van der Waals surface area contributed by atoms with E-state index in [0.29, 0.717) is 13.2 Å². The number of fused-ring (bicyclic) bond motifs is 1. The molecule has 3 rings (SSSR count). The largest absolute Gasteiger partial charge is 0.496 e. The SMILES string of the molecule is COc1ccccc1CC(=O)NCCOc1cccc2c1OC(C)(C)C2. The lowest BCUT2D eigenvalue weighted by Gasteiger charge is -2.18. The van der Waals surface area contributed by atoms with Gasteiger partial charge in [0.2, 0.25) is 5.91 Å². The van der Waals surface area contributed by atoms with Crippen LogP contribution in [0.1, 0.15) is 25.0 Å². The minimum Gasteiger partial charge on any atom is -0.496 e. The molecule has 0 atom stereocenters. The molecule has 0 saturated carbocycles. The molecule has 5 nitrogen and oxygen atoms in total. The lowest BCUT2D eigenvalue weighted by Crippen LogP contribution is -2.29. The molecule has 0 unspecified atom stereocenters. The molecular weight excluding hydrogens is 330 g/mol. The minimum atomic E-state index is -0.204. The predicted molar refractivity (Wildman–Crippen MR) is 100 cm³/mol. The van der Waals surface area contributed by atoms with Crippen LogP contribution in [0.25, 0.3) is 0 Å². The topological polar surface area (TPSA) is 56.8 Å². The van der Waals surface area contributed by atoms with Crippen LogP contribution in [0.3, 0.4) is 0 Å². The van der Waals surface area contributed by atoms with Crippen molar-refractivity contribution >= 4 is 5.91 Å². The summed E-state index contributed by atoms with van der Waals surface area (Å²) >= 11 is 0. The Kier molecular flexibility index (Phi) is 5.35. The summed E-state index contributed by atoms with van der Waals surface area (Å²) in [6, 6.07) is 13.5. The Hall–Kier alpha value is -2.69. The Morgan fingerprint density at radius 3 is 2.73 bits per heavy atom. The summed E-state index contributed by atoms with van der Waals surface area (Å²) in [5.74, 6) is 2.21. The molecule has 1 aliphatic rings. The first kappa shape index (κ1) is 18.1. The maximum atomic E-state index is 12.1. The van der Waals surface area contributed by atoms with Crippen LogP contribution < -0.4 is 19.5 Å². The number of hydrogen-bond acceptors (Lipinski definition) is 4. The first-order valence-corrected chi connectivity index (χ1v) is 8.81. The fraction of sp³-hybridized carbons (Fsp3) is 0.381. The summed E-state index contributed by atoms with van der Waals surface area (Å²) in [6.45, 7) is 4.95. The zero-order chi connectivity index (χ0) is 18.6. The highest BCUT2D eigenvalue weighted by atomic mass is 16.5. The summed E-state index contributed by atoms with van der Waals surface area (Å²) in [5, 5.41) is 2.88. The molecule has 5 heteroatoms. The average Bonchev–Trinajstić information content (AvgIpc) is 2.93. The number of para-hydroxylation sites is 2. The van der Waals surface area contributed by atoms with Crippen molar-refractivity contribution in [1.29, 1.82) is 0 Å². The second kappa shape index (κ2) is 7.68. The van der Waals surface area contributed by atoms with Gasteiger partial charge in [-0.1, -0.05) is 30.3 Å². The van der Waals surface area contributed by atoms with Crippen LogP contribution in [0.4, 0.5) is 0 Å². The van der Waals surface area contributed by atoms with Crippen molar-refractivity contribution in [3.63, 3.8) is 0 Å². The van der Waals surface area contributed by atoms with Gasteiger partial charge in [0.15, 0.2) is 11.5 Å². The number of hydrogen-bond donors (Lipinski definition) is 1. The third-order valence-corrected chi connectivity index (χ3v) is 4.28. The van der Waals surface area contributed by atoms with Crippen molar-refractivity contribution in [2.24, 2.45) is 0 Å². The van der Waals surface area contributed by atoms with E-state index in [-0.39, 0.29) is 17.9 Å². The number of rotatable bonds is 7. The molecule has 0 aromatic heterocycles. The van der Waals surface area contributed by atoms with Gasteiger partial charge in [-0.3, -0.25) is 4.79 Å². The zero-order valence-electron chi connectivity index (χ0n) is 15.5. The van der Waals surface area contributed by atoms with E-state index in [1.54, 1.807) is 7.11 Å². The molecule has 2 aromatic rings. The average molecular weight is 355 g/mol. The number of amides is 1. The van der Waals surface area contributed by atoms with Crippen LogP contribution >= 0.6 is 0 Å². The van der Waals surface area contributed by atoms with Crippen LogP contribution in [0.5, 0.6) is 17.2 Å². The van der Waals surface area contributed by atoms with E-state index in [4.69, 9.17) is 14.2 Å². The summed E-state index contributed by atoms with van der Waals surface area (Å²) < 4.78 is 17.1. The summed E-state index contributed by atoms with van der Waals surface area (Å²) in [6.07, 6.45) is 1.15. The van der Waals surface area contributed by atoms with Crippen molar-refractivity contribution in [3.8, 4) is 17.2 Å². The fourth-order valence-electron chi connectivity index (χ4n) is 3.14. The van der Waals surface area contributed by atoms with E-state index in [9.17, 15) is 4.79 Å². The van der Waals surface area contributed by atoms with Gasteiger partial charge in [-0.05, 0) is 26.0 Å². The van der Waals surface area contributed by atoms with E-state index >= 15 is 0 Å². The van der Waals surface area contributed by atoms with Crippen molar-refractivity contribution in [2.75, 3.05) is 20.3 Å². The summed E-state index contributed by atoms with van der Waals surface area (Å²) in [5.41, 5.74) is 1.82. The van der Waals surface area contributed by atoms with E-state index in [1.807, 2.05) is 36.4 Å². The van der Waals surface area contributed by atoms with Crippen LogP contribution in [-0.4, -0.2) is 31.8 Å². The van der Waals surface area contributed by atoms with Crippen LogP contribution in [-0.2, 0) is 17.6 Å². The molecule has 0 radical (unpaired) electrons. The number of benzene rings is 2. The summed E-state index contributed by atoms with van der Waals surface area (Å²) in [7, 11) is 1.60. The van der Waals surface area contributed by atoms with Crippen molar-refractivity contribution in [2.45, 2.75) is 32.3 Å². The third kappa shape index (κ3) is 4.28. The molecule has 1 aliphatic heterocycles. The van der Waals surface area contributed by atoms with Gasteiger partial charge >= 0.3 is 0 Å². The smallest absolute Gasteiger partial charge is 0.224 e. The zero-order valence-corrected chi connectivity index (χ0v) is 15.5. The Morgan fingerprint density at radius 1 is 1.15 bits per heavy atom. The monoisotopic (exact) mass is 355 g/mol. The third-order valence-electron chi connectivity index (χ3n) is 4.28. The van der Waals surface area contributed by atoms with Crippen LogP contribution in [0, 0.1) is 0 Å². The molecule has 2 aromatic carbocycles. The van der Waals surface area contributed by atoms with Crippen molar-refractivity contribution in [3.05, 3.63) is 53.6 Å². The first-order valence-electron chi connectivity index (χ1n) is 8.81. The fourth-order valence-corrected chi connectivity index (χ4v) is 3.14. The Balaban J connectivity index is 1.48. The second-order valence-corrected chi connectivity index (χ2v) is 6.97. The quantitative estimate of drug-likeness (QED) is 0.775. The molecule has 0 bridgehead atoms. The number of nitrogens with one attached hydrogen (secondary N) is 1. The van der Waals surface area contributed by atoms with Gasteiger partial charge in [-0.25, -0.2) is 0 Å². The van der Waals surface area contributed by atoms with Gasteiger partial charge in [0.05, 0.1) is 20.1 Å². The molecular formula is C21H25NO4. The maximum absolute atomic E-state index is 12.1. The molecule has 138 valence electrons. The van der Waals surface area contributed by atoms with Crippen molar-refractivity contribution in [1.82, 2.24) is 5.32 Å². The van der Waals surface area contributed by atoms with Gasteiger partial charge in [0.25, 0.3) is 0 Å². The molecule has 1 amide bonds.